The van der Waals surface area contributed by atoms with E-state index in [2.05, 4.69) is 19.9 Å². The summed E-state index contributed by atoms with van der Waals surface area (Å²) in [5.74, 6) is 1.33. The quantitative estimate of drug-likeness (QED) is 0.825. The molecule has 0 saturated carbocycles. The zero-order valence-corrected chi connectivity index (χ0v) is 14.6. The van der Waals surface area contributed by atoms with Crippen molar-refractivity contribution in [1.29, 1.82) is 0 Å². The maximum Gasteiger partial charge on any atom is 0.215 e. The van der Waals surface area contributed by atoms with Crippen molar-refractivity contribution in [1.82, 2.24) is 19.9 Å². The summed E-state index contributed by atoms with van der Waals surface area (Å²) >= 11 is 0. The van der Waals surface area contributed by atoms with Gasteiger partial charge in [-0.05, 0) is 31.4 Å². The lowest BCUT2D eigenvalue weighted by Crippen LogP contribution is -2.32. The number of aromatic nitrogens is 3. The minimum absolute atomic E-state index is 0.0162. The Morgan fingerprint density at radius 1 is 1.33 bits per heavy atom. The number of aryl methyl sites for hydroxylation is 2. The van der Waals surface area contributed by atoms with Gasteiger partial charge in [-0.3, -0.25) is 5.10 Å². The predicted octanol–water partition coefficient (Wildman–Crippen LogP) is 1.62. The van der Waals surface area contributed by atoms with E-state index in [4.69, 9.17) is 4.74 Å². The molecule has 0 spiro atoms. The summed E-state index contributed by atoms with van der Waals surface area (Å²) in [6.45, 7) is 4.65. The average molecular weight is 350 g/mol. The zero-order chi connectivity index (χ0) is 17.2. The first-order valence-corrected chi connectivity index (χ1v) is 9.62. The molecule has 0 radical (unpaired) electrons. The van der Waals surface area contributed by atoms with Crippen molar-refractivity contribution >= 4 is 10.0 Å². The molecular weight excluding hydrogens is 328 g/mol. The largest absolute Gasteiger partial charge is 0.370 e. The number of sulfonamides is 1. The molecule has 0 bridgehead atoms. The number of nitrogens with zero attached hydrogens (tertiary/aromatic N) is 2. The van der Waals surface area contributed by atoms with Crippen molar-refractivity contribution in [2.75, 3.05) is 13.2 Å². The van der Waals surface area contributed by atoms with Gasteiger partial charge in [0.15, 0.2) is 5.82 Å². The molecule has 0 aliphatic carbocycles. The van der Waals surface area contributed by atoms with Gasteiger partial charge in [-0.25, -0.2) is 18.1 Å². The summed E-state index contributed by atoms with van der Waals surface area (Å²) in [4.78, 5) is 4.30. The van der Waals surface area contributed by atoms with Crippen molar-refractivity contribution in [2.45, 2.75) is 32.1 Å². The second-order valence-electron chi connectivity index (χ2n) is 6.15. The van der Waals surface area contributed by atoms with Crippen LogP contribution in [-0.4, -0.2) is 36.8 Å². The maximum atomic E-state index is 12.4. The first kappa shape index (κ1) is 17.1. The zero-order valence-electron chi connectivity index (χ0n) is 13.8. The van der Waals surface area contributed by atoms with Crippen molar-refractivity contribution in [3.8, 4) is 0 Å². The molecule has 2 N–H and O–H groups in total. The molecule has 1 aliphatic rings. The molecule has 3 rings (SSSR count). The van der Waals surface area contributed by atoms with E-state index >= 15 is 0 Å². The fourth-order valence-electron chi connectivity index (χ4n) is 2.88. The summed E-state index contributed by atoms with van der Waals surface area (Å²) in [5, 5.41) is 6.93. The lowest BCUT2D eigenvalue weighted by atomic mass is 10.0. The van der Waals surface area contributed by atoms with Gasteiger partial charge in [0.25, 0.3) is 0 Å². The summed E-state index contributed by atoms with van der Waals surface area (Å²) in [7, 11) is -3.40. The molecule has 8 heteroatoms. The minimum Gasteiger partial charge on any atom is -0.370 e. The monoisotopic (exact) mass is 350 g/mol. The fourth-order valence-corrected chi connectivity index (χ4v) is 4.18. The van der Waals surface area contributed by atoms with Gasteiger partial charge >= 0.3 is 0 Å². The highest BCUT2D eigenvalue weighted by Crippen LogP contribution is 2.32. The molecule has 1 saturated heterocycles. The summed E-state index contributed by atoms with van der Waals surface area (Å²) in [6.07, 6.45) is 0.515. The topological polar surface area (TPSA) is 97.0 Å². The first-order chi connectivity index (χ1) is 11.4. The summed E-state index contributed by atoms with van der Waals surface area (Å²) < 4.78 is 33.1. The molecule has 2 heterocycles. The summed E-state index contributed by atoms with van der Waals surface area (Å²) in [5.41, 5.74) is 1.79. The molecule has 1 fully saturated rings. The van der Waals surface area contributed by atoms with E-state index in [1.165, 1.54) is 0 Å². The normalized spacial score (nSPS) is 21.2. The SMILES string of the molecule is Cc1nc([C@H]2OCC[C@H]2CNS(=O)(=O)Cc2ccccc2C)n[nH]1. The van der Waals surface area contributed by atoms with Crippen molar-refractivity contribution in [3.63, 3.8) is 0 Å². The van der Waals surface area contributed by atoms with Crippen LogP contribution >= 0.6 is 0 Å². The molecule has 24 heavy (non-hydrogen) atoms. The van der Waals surface area contributed by atoms with Gasteiger partial charge in [0.05, 0.1) is 5.75 Å². The fraction of sp³-hybridized carbons (Fsp3) is 0.500. The number of aromatic amines is 1. The molecule has 7 nitrogen and oxygen atoms in total. The van der Waals surface area contributed by atoms with Gasteiger partial charge < -0.3 is 4.74 Å². The maximum absolute atomic E-state index is 12.4. The van der Waals surface area contributed by atoms with E-state index in [0.29, 0.717) is 19.0 Å². The van der Waals surface area contributed by atoms with E-state index in [-0.39, 0.29) is 17.8 Å². The smallest absolute Gasteiger partial charge is 0.215 e. The van der Waals surface area contributed by atoms with E-state index in [1.54, 1.807) is 0 Å². The van der Waals surface area contributed by atoms with E-state index in [1.807, 2.05) is 38.1 Å². The highest BCUT2D eigenvalue weighted by Gasteiger charge is 2.33. The van der Waals surface area contributed by atoms with Gasteiger partial charge in [-0.15, -0.1) is 0 Å². The van der Waals surface area contributed by atoms with Gasteiger partial charge in [-0.1, -0.05) is 24.3 Å². The Kier molecular flexibility index (Phi) is 4.98. The Hall–Kier alpha value is -1.77. The lowest BCUT2D eigenvalue weighted by molar-refractivity contribution is 0.0848. The van der Waals surface area contributed by atoms with E-state index in [0.717, 1.165) is 23.4 Å². The van der Waals surface area contributed by atoms with E-state index < -0.39 is 10.0 Å². The highest BCUT2D eigenvalue weighted by atomic mass is 32.2. The summed E-state index contributed by atoms with van der Waals surface area (Å²) in [6, 6.07) is 7.51. The second kappa shape index (κ2) is 7.00. The Morgan fingerprint density at radius 3 is 2.83 bits per heavy atom. The predicted molar refractivity (Wildman–Crippen MR) is 89.7 cm³/mol. The van der Waals surface area contributed by atoms with Crippen LogP contribution in [0.3, 0.4) is 0 Å². The number of hydrogen-bond donors (Lipinski definition) is 2. The molecular formula is C16H22N4O3S. The number of nitrogens with one attached hydrogen (secondary N) is 2. The van der Waals surface area contributed by atoms with Crippen LogP contribution in [0.2, 0.25) is 0 Å². The molecule has 130 valence electrons. The molecule has 1 aliphatic heterocycles. The van der Waals surface area contributed by atoms with Crippen LogP contribution in [0, 0.1) is 19.8 Å². The van der Waals surface area contributed by atoms with Gasteiger partial charge in [0.1, 0.15) is 11.9 Å². The number of ether oxygens (including phenoxy) is 1. The van der Waals surface area contributed by atoms with Crippen molar-refractivity contribution < 1.29 is 13.2 Å². The van der Waals surface area contributed by atoms with Gasteiger partial charge in [0, 0.05) is 19.1 Å². The van der Waals surface area contributed by atoms with Gasteiger partial charge in [0.2, 0.25) is 10.0 Å². The third-order valence-corrected chi connectivity index (χ3v) is 5.55. The van der Waals surface area contributed by atoms with Gasteiger partial charge in [-0.2, -0.15) is 5.10 Å². The first-order valence-electron chi connectivity index (χ1n) is 7.97. The number of benzene rings is 1. The third-order valence-electron chi connectivity index (χ3n) is 4.26. The average Bonchev–Trinajstić information content (AvgIpc) is 3.16. The Morgan fingerprint density at radius 2 is 2.12 bits per heavy atom. The lowest BCUT2D eigenvalue weighted by Gasteiger charge is -2.16. The molecule has 2 aromatic rings. The molecule has 0 unspecified atom stereocenters. The minimum atomic E-state index is -3.40. The van der Waals surface area contributed by atoms with E-state index in [9.17, 15) is 8.42 Å². The molecule has 1 aromatic heterocycles. The van der Waals surface area contributed by atoms with Crippen molar-refractivity contribution in [3.05, 3.63) is 47.0 Å². The highest BCUT2D eigenvalue weighted by molar-refractivity contribution is 7.88. The Bertz CT molecular complexity index is 803. The second-order valence-corrected chi connectivity index (χ2v) is 7.96. The van der Waals surface area contributed by atoms with Crippen LogP contribution < -0.4 is 4.72 Å². The number of hydrogen-bond acceptors (Lipinski definition) is 5. The Balaban J connectivity index is 1.62. The van der Waals surface area contributed by atoms with Crippen LogP contribution in [-0.2, 0) is 20.5 Å². The number of H-pyrrole nitrogens is 1. The van der Waals surface area contributed by atoms with Crippen LogP contribution in [0.15, 0.2) is 24.3 Å². The van der Waals surface area contributed by atoms with Crippen LogP contribution in [0.4, 0.5) is 0 Å². The van der Waals surface area contributed by atoms with Crippen LogP contribution in [0.1, 0.15) is 35.3 Å². The van der Waals surface area contributed by atoms with Crippen molar-refractivity contribution in [2.24, 2.45) is 5.92 Å². The molecule has 1 aromatic carbocycles. The van der Waals surface area contributed by atoms with Crippen LogP contribution in [0.5, 0.6) is 0 Å². The third kappa shape index (κ3) is 4.00. The van der Waals surface area contributed by atoms with Crippen LogP contribution in [0.25, 0.3) is 0 Å². The standard InChI is InChI=1S/C16H22N4O3S/c1-11-5-3-4-6-14(11)10-24(21,22)17-9-13-7-8-23-15(13)16-18-12(2)19-20-16/h3-6,13,15,17H,7-10H2,1-2H3,(H,18,19,20)/t13-,15-/m0/s1. The molecule has 2 atom stereocenters. The molecule has 0 amide bonds. The number of rotatable bonds is 6. The Labute approximate surface area is 141 Å².